The van der Waals surface area contributed by atoms with Gasteiger partial charge >= 0.3 is 12.1 Å². The minimum absolute atomic E-state index is 0.0825. The van der Waals surface area contributed by atoms with E-state index in [0.717, 1.165) is 5.56 Å². The molecule has 0 radical (unpaired) electrons. The quantitative estimate of drug-likeness (QED) is 0.761. The molecular formula is C14H20N4O3. The van der Waals surface area contributed by atoms with Gasteiger partial charge in [-0.3, -0.25) is 0 Å². The van der Waals surface area contributed by atoms with Crippen molar-refractivity contribution in [2.45, 2.75) is 6.92 Å². The molecule has 0 spiro atoms. The second-order valence-corrected chi connectivity index (χ2v) is 4.78. The molecule has 1 heterocycles. The Kier molecular flexibility index (Phi) is 4.86. The maximum Gasteiger partial charge on any atom is 0.319 e. The first-order valence-corrected chi connectivity index (χ1v) is 6.82. The van der Waals surface area contributed by atoms with Gasteiger partial charge in [0, 0.05) is 37.9 Å². The number of hydrogen-bond donors (Lipinski definition) is 3. The molecule has 114 valence electrons. The van der Waals surface area contributed by atoms with Crippen LogP contribution in [-0.4, -0.2) is 50.3 Å². The van der Waals surface area contributed by atoms with Crippen molar-refractivity contribution in [2.75, 3.05) is 38.6 Å². The summed E-state index contributed by atoms with van der Waals surface area (Å²) in [7, 11) is 1.58. The van der Waals surface area contributed by atoms with Crippen molar-refractivity contribution in [3.8, 4) is 5.75 Å². The van der Waals surface area contributed by atoms with E-state index in [2.05, 4.69) is 16.0 Å². The van der Waals surface area contributed by atoms with Crippen molar-refractivity contribution in [3.05, 3.63) is 23.8 Å². The summed E-state index contributed by atoms with van der Waals surface area (Å²) in [6, 6.07) is 5.10. The van der Waals surface area contributed by atoms with E-state index in [1.807, 2.05) is 19.1 Å². The summed E-state index contributed by atoms with van der Waals surface area (Å²) in [5.41, 5.74) is 1.65. The van der Waals surface area contributed by atoms with Crippen molar-refractivity contribution < 1.29 is 14.3 Å². The number of amides is 4. The first kappa shape index (κ1) is 15.0. The lowest BCUT2D eigenvalue weighted by molar-refractivity contribution is 0.216. The molecular weight excluding hydrogens is 272 g/mol. The number of aryl methyl sites for hydroxylation is 1. The highest BCUT2D eigenvalue weighted by molar-refractivity contribution is 5.90. The number of methoxy groups -OCH3 is 1. The van der Waals surface area contributed by atoms with E-state index >= 15 is 0 Å². The monoisotopic (exact) mass is 292 g/mol. The number of nitrogens with one attached hydrogen (secondary N) is 3. The van der Waals surface area contributed by atoms with Crippen LogP contribution in [0.2, 0.25) is 0 Å². The highest BCUT2D eigenvalue weighted by atomic mass is 16.5. The fourth-order valence-electron chi connectivity index (χ4n) is 2.06. The van der Waals surface area contributed by atoms with Gasteiger partial charge in [-0.25, -0.2) is 9.59 Å². The summed E-state index contributed by atoms with van der Waals surface area (Å²) in [4.78, 5) is 24.8. The molecule has 0 aromatic heterocycles. The van der Waals surface area contributed by atoms with Crippen molar-refractivity contribution in [2.24, 2.45) is 0 Å². The lowest BCUT2D eigenvalue weighted by Gasteiger charge is -2.15. The second-order valence-electron chi connectivity index (χ2n) is 4.78. The topological polar surface area (TPSA) is 82.7 Å². The van der Waals surface area contributed by atoms with E-state index in [1.54, 1.807) is 18.1 Å². The van der Waals surface area contributed by atoms with Gasteiger partial charge in [-0.05, 0) is 18.6 Å². The average molecular weight is 292 g/mol. The van der Waals surface area contributed by atoms with Crippen LogP contribution >= 0.6 is 0 Å². The second kappa shape index (κ2) is 6.83. The molecule has 0 saturated carbocycles. The molecule has 7 heteroatoms. The van der Waals surface area contributed by atoms with Crippen molar-refractivity contribution in [1.82, 2.24) is 15.5 Å². The van der Waals surface area contributed by atoms with Gasteiger partial charge in [0.2, 0.25) is 0 Å². The molecule has 0 bridgehead atoms. The number of rotatable bonds is 5. The number of anilines is 1. The Morgan fingerprint density at radius 1 is 1.48 bits per heavy atom. The summed E-state index contributed by atoms with van der Waals surface area (Å²) in [5, 5.41) is 8.22. The molecule has 7 nitrogen and oxygen atoms in total. The summed E-state index contributed by atoms with van der Waals surface area (Å²) in [6.45, 7) is 4.15. The highest BCUT2D eigenvalue weighted by Crippen LogP contribution is 2.21. The van der Waals surface area contributed by atoms with Gasteiger partial charge in [-0.15, -0.1) is 0 Å². The third-order valence-electron chi connectivity index (χ3n) is 3.31. The fourth-order valence-corrected chi connectivity index (χ4v) is 2.06. The highest BCUT2D eigenvalue weighted by Gasteiger charge is 2.18. The largest absolute Gasteiger partial charge is 0.497 e. The number of benzene rings is 1. The van der Waals surface area contributed by atoms with E-state index in [0.29, 0.717) is 37.6 Å². The SMILES string of the molecule is COc1ccc(C)c(NC(=O)NCCN2CCNC2=O)c1. The number of carbonyl (C=O) groups excluding carboxylic acids is 2. The van der Waals surface area contributed by atoms with E-state index in [1.165, 1.54) is 0 Å². The molecule has 0 unspecified atom stereocenters. The van der Waals surface area contributed by atoms with E-state index in [-0.39, 0.29) is 12.1 Å². The molecule has 21 heavy (non-hydrogen) atoms. The van der Waals surface area contributed by atoms with Crippen LogP contribution in [0, 0.1) is 6.92 Å². The van der Waals surface area contributed by atoms with Crippen molar-refractivity contribution in [1.29, 1.82) is 0 Å². The molecule has 0 aliphatic carbocycles. The van der Waals surface area contributed by atoms with E-state index < -0.39 is 0 Å². The van der Waals surface area contributed by atoms with Gasteiger partial charge in [0.15, 0.2) is 0 Å². The molecule has 0 atom stereocenters. The summed E-state index contributed by atoms with van der Waals surface area (Å²) < 4.78 is 5.13. The maximum absolute atomic E-state index is 11.8. The fraction of sp³-hybridized carbons (Fsp3) is 0.429. The molecule has 1 fully saturated rings. The summed E-state index contributed by atoms with van der Waals surface area (Å²) in [5.74, 6) is 0.685. The van der Waals surface area contributed by atoms with Crippen LogP contribution in [0.4, 0.5) is 15.3 Å². The van der Waals surface area contributed by atoms with Gasteiger partial charge < -0.3 is 25.6 Å². The Balaban J connectivity index is 1.80. The van der Waals surface area contributed by atoms with Crippen LogP contribution in [0.15, 0.2) is 18.2 Å². The van der Waals surface area contributed by atoms with Crippen LogP contribution in [0.25, 0.3) is 0 Å². The Bertz CT molecular complexity index is 533. The van der Waals surface area contributed by atoms with E-state index in [4.69, 9.17) is 4.74 Å². The van der Waals surface area contributed by atoms with Gasteiger partial charge in [0.05, 0.1) is 7.11 Å². The van der Waals surface area contributed by atoms with Crippen LogP contribution in [0.3, 0.4) is 0 Å². The van der Waals surface area contributed by atoms with Gasteiger partial charge in [0.1, 0.15) is 5.75 Å². The van der Waals surface area contributed by atoms with Crippen LogP contribution in [-0.2, 0) is 0 Å². The smallest absolute Gasteiger partial charge is 0.319 e. The Labute approximate surface area is 123 Å². The zero-order valence-corrected chi connectivity index (χ0v) is 12.2. The van der Waals surface area contributed by atoms with Gasteiger partial charge in [0.25, 0.3) is 0 Å². The molecule has 1 aliphatic heterocycles. The van der Waals surface area contributed by atoms with Crippen LogP contribution < -0.4 is 20.7 Å². The van der Waals surface area contributed by atoms with Crippen molar-refractivity contribution in [3.63, 3.8) is 0 Å². The lowest BCUT2D eigenvalue weighted by atomic mass is 10.2. The minimum Gasteiger partial charge on any atom is -0.497 e. The molecule has 1 aliphatic rings. The van der Waals surface area contributed by atoms with Crippen LogP contribution in [0.5, 0.6) is 5.75 Å². The predicted octanol–water partition coefficient (Wildman–Crippen LogP) is 1.15. The number of ether oxygens (including phenoxy) is 1. The average Bonchev–Trinajstić information content (AvgIpc) is 2.87. The maximum atomic E-state index is 11.8. The number of carbonyl (C=O) groups is 2. The molecule has 1 aromatic rings. The summed E-state index contributed by atoms with van der Waals surface area (Å²) in [6.07, 6.45) is 0. The molecule has 1 aromatic carbocycles. The standard InChI is InChI=1S/C14H20N4O3/c1-10-3-4-11(21-2)9-12(10)17-13(19)15-5-7-18-8-6-16-14(18)20/h3-4,9H,5-8H2,1-2H3,(H,16,20)(H2,15,17,19). The Hall–Kier alpha value is -2.44. The third kappa shape index (κ3) is 4.01. The molecule has 2 rings (SSSR count). The minimum atomic E-state index is -0.300. The number of hydrogen-bond acceptors (Lipinski definition) is 3. The zero-order chi connectivity index (χ0) is 15.2. The first-order valence-electron chi connectivity index (χ1n) is 6.82. The van der Waals surface area contributed by atoms with Crippen LogP contribution in [0.1, 0.15) is 5.56 Å². The third-order valence-corrected chi connectivity index (χ3v) is 3.31. The molecule has 1 saturated heterocycles. The Morgan fingerprint density at radius 2 is 2.29 bits per heavy atom. The number of urea groups is 2. The van der Waals surface area contributed by atoms with Crippen molar-refractivity contribution >= 4 is 17.7 Å². The number of nitrogens with zero attached hydrogens (tertiary/aromatic N) is 1. The Morgan fingerprint density at radius 3 is 2.95 bits per heavy atom. The van der Waals surface area contributed by atoms with Gasteiger partial charge in [-0.2, -0.15) is 0 Å². The lowest BCUT2D eigenvalue weighted by Crippen LogP contribution is -2.38. The predicted molar refractivity (Wildman–Crippen MR) is 79.7 cm³/mol. The summed E-state index contributed by atoms with van der Waals surface area (Å²) >= 11 is 0. The normalized spacial score (nSPS) is 13.8. The molecule has 4 amide bonds. The molecule has 3 N–H and O–H groups in total. The van der Waals surface area contributed by atoms with Gasteiger partial charge in [-0.1, -0.05) is 6.07 Å². The zero-order valence-electron chi connectivity index (χ0n) is 12.2. The first-order chi connectivity index (χ1) is 10.1. The van der Waals surface area contributed by atoms with E-state index in [9.17, 15) is 9.59 Å².